The fourth-order valence-electron chi connectivity index (χ4n) is 4.86. The largest absolute Gasteiger partial charge is 0.497 e. The topological polar surface area (TPSA) is 106 Å². The SMILES string of the molecule is CCC(Sc1cccc(NC(=O)/C(=C\c2ccc(OC)cc2OC)NC(=O)c2ccccc2)c1)C(=O)Nc1ccc2ccccc2c1. The van der Waals surface area contributed by atoms with E-state index in [9.17, 15) is 14.4 Å². The molecule has 8 nitrogen and oxygen atoms in total. The van der Waals surface area contributed by atoms with Crippen molar-refractivity contribution in [2.45, 2.75) is 23.5 Å². The van der Waals surface area contributed by atoms with Crippen molar-refractivity contribution < 1.29 is 23.9 Å². The summed E-state index contributed by atoms with van der Waals surface area (Å²) in [7, 11) is 3.07. The molecule has 238 valence electrons. The van der Waals surface area contributed by atoms with E-state index in [1.54, 1.807) is 67.8 Å². The van der Waals surface area contributed by atoms with Gasteiger partial charge in [0.1, 0.15) is 17.2 Å². The number of carbonyl (C=O) groups excluding carboxylic acids is 3. The molecule has 1 atom stereocenters. The standard InChI is InChI=1S/C38H35N3O5S/c1-4-35(38(44)40-30-19-17-25-11-8-9-14-27(25)21-30)47-32-16-10-15-29(23-32)39-37(43)33(41-36(42)26-12-6-5-7-13-26)22-28-18-20-31(45-2)24-34(28)46-3/h5-24,35H,4H2,1-3H3,(H,39,43)(H,40,44)(H,41,42)/b33-22+. The Kier molecular flexibility index (Phi) is 10.9. The zero-order chi connectivity index (χ0) is 33.2. The number of benzene rings is 5. The van der Waals surface area contributed by atoms with Gasteiger partial charge in [-0.2, -0.15) is 0 Å². The van der Waals surface area contributed by atoms with E-state index >= 15 is 0 Å². The highest BCUT2D eigenvalue weighted by atomic mass is 32.2. The number of nitrogens with one attached hydrogen (secondary N) is 3. The molecule has 3 amide bonds. The molecule has 0 heterocycles. The summed E-state index contributed by atoms with van der Waals surface area (Å²) in [4.78, 5) is 40.8. The lowest BCUT2D eigenvalue weighted by Crippen LogP contribution is -2.30. The Morgan fingerprint density at radius 1 is 0.745 bits per heavy atom. The number of thioether (sulfide) groups is 1. The van der Waals surface area contributed by atoms with Gasteiger partial charge in [0.15, 0.2) is 0 Å². The van der Waals surface area contributed by atoms with E-state index in [4.69, 9.17) is 9.47 Å². The van der Waals surface area contributed by atoms with E-state index < -0.39 is 11.8 Å². The van der Waals surface area contributed by atoms with Gasteiger partial charge in [-0.3, -0.25) is 14.4 Å². The molecule has 0 aliphatic heterocycles. The van der Waals surface area contributed by atoms with Crippen molar-refractivity contribution in [1.82, 2.24) is 5.32 Å². The molecule has 0 saturated heterocycles. The van der Waals surface area contributed by atoms with Gasteiger partial charge in [-0.1, -0.05) is 61.5 Å². The Labute approximate surface area is 278 Å². The number of carbonyl (C=O) groups is 3. The minimum absolute atomic E-state index is 0.0153. The molecule has 0 aliphatic rings. The minimum atomic E-state index is -0.532. The fourth-order valence-corrected chi connectivity index (χ4v) is 5.87. The summed E-state index contributed by atoms with van der Waals surface area (Å²) < 4.78 is 10.8. The normalized spacial score (nSPS) is 11.8. The summed E-state index contributed by atoms with van der Waals surface area (Å²) in [5.41, 5.74) is 2.23. The van der Waals surface area contributed by atoms with E-state index in [1.165, 1.54) is 18.9 Å². The second-order valence-corrected chi connectivity index (χ2v) is 11.8. The molecular weight excluding hydrogens is 611 g/mol. The highest BCUT2D eigenvalue weighted by Crippen LogP contribution is 2.30. The number of fused-ring (bicyclic) bond motifs is 1. The lowest BCUT2D eigenvalue weighted by Gasteiger charge is -2.16. The van der Waals surface area contributed by atoms with E-state index in [0.29, 0.717) is 34.7 Å². The maximum Gasteiger partial charge on any atom is 0.272 e. The number of hydrogen-bond acceptors (Lipinski definition) is 6. The van der Waals surface area contributed by atoms with Gasteiger partial charge in [-0.25, -0.2) is 0 Å². The van der Waals surface area contributed by atoms with Gasteiger partial charge in [-0.15, -0.1) is 11.8 Å². The van der Waals surface area contributed by atoms with Crippen LogP contribution in [-0.2, 0) is 9.59 Å². The van der Waals surface area contributed by atoms with E-state index in [0.717, 1.165) is 21.4 Å². The van der Waals surface area contributed by atoms with Gasteiger partial charge in [-0.05, 0) is 77.9 Å². The first kappa shape index (κ1) is 32.8. The molecule has 0 radical (unpaired) electrons. The van der Waals surface area contributed by atoms with Crippen LogP contribution in [0, 0.1) is 0 Å². The van der Waals surface area contributed by atoms with Gasteiger partial charge in [0.25, 0.3) is 11.8 Å². The van der Waals surface area contributed by atoms with Crippen LogP contribution in [0.25, 0.3) is 16.8 Å². The summed E-state index contributed by atoms with van der Waals surface area (Å²) in [6, 6.07) is 34.9. The monoisotopic (exact) mass is 645 g/mol. The fraction of sp³-hybridized carbons (Fsp3) is 0.132. The van der Waals surface area contributed by atoms with Gasteiger partial charge < -0.3 is 25.4 Å². The van der Waals surface area contributed by atoms with Crippen LogP contribution in [0.1, 0.15) is 29.3 Å². The molecule has 0 bridgehead atoms. The summed E-state index contributed by atoms with van der Waals surface area (Å²) in [5, 5.41) is 10.5. The Morgan fingerprint density at radius 2 is 1.49 bits per heavy atom. The van der Waals surface area contributed by atoms with Crippen molar-refractivity contribution in [2.75, 3.05) is 24.9 Å². The zero-order valence-corrected chi connectivity index (χ0v) is 27.1. The average Bonchev–Trinajstić information content (AvgIpc) is 3.10. The van der Waals surface area contributed by atoms with Gasteiger partial charge in [0, 0.05) is 33.5 Å². The average molecular weight is 646 g/mol. The second-order valence-electron chi connectivity index (χ2n) is 10.5. The minimum Gasteiger partial charge on any atom is -0.497 e. The van der Waals surface area contributed by atoms with E-state index in [1.807, 2.05) is 67.6 Å². The maximum atomic E-state index is 13.7. The molecule has 0 saturated carbocycles. The van der Waals surface area contributed by atoms with Crippen LogP contribution in [0.3, 0.4) is 0 Å². The third-order valence-electron chi connectivity index (χ3n) is 7.32. The Morgan fingerprint density at radius 3 is 2.23 bits per heavy atom. The first-order valence-electron chi connectivity index (χ1n) is 15.0. The third kappa shape index (κ3) is 8.59. The van der Waals surface area contributed by atoms with Crippen LogP contribution < -0.4 is 25.4 Å². The molecule has 5 aromatic rings. The lowest BCUT2D eigenvalue weighted by molar-refractivity contribution is -0.116. The number of rotatable bonds is 12. The Hall–Kier alpha value is -5.54. The number of hydrogen-bond donors (Lipinski definition) is 3. The van der Waals surface area contributed by atoms with Crippen LogP contribution in [-0.4, -0.2) is 37.2 Å². The number of methoxy groups -OCH3 is 2. The predicted molar refractivity (Wildman–Crippen MR) is 189 cm³/mol. The van der Waals surface area contributed by atoms with Crippen LogP contribution in [0.5, 0.6) is 11.5 Å². The Bertz CT molecular complexity index is 1930. The van der Waals surface area contributed by atoms with Crippen molar-refractivity contribution in [2.24, 2.45) is 0 Å². The summed E-state index contributed by atoms with van der Waals surface area (Å²) in [6.45, 7) is 1.96. The van der Waals surface area contributed by atoms with Crippen LogP contribution in [0.15, 0.2) is 126 Å². The number of ether oxygens (including phenoxy) is 2. The zero-order valence-electron chi connectivity index (χ0n) is 26.3. The van der Waals surface area contributed by atoms with Crippen LogP contribution in [0.2, 0.25) is 0 Å². The van der Waals surface area contributed by atoms with Gasteiger partial charge in [0.2, 0.25) is 5.91 Å². The lowest BCUT2D eigenvalue weighted by atomic mass is 10.1. The van der Waals surface area contributed by atoms with Gasteiger partial charge in [0.05, 0.1) is 19.5 Å². The Balaban J connectivity index is 1.33. The van der Waals surface area contributed by atoms with Crippen LogP contribution >= 0.6 is 11.8 Å². The van der Waals surface area contributed by atoms with Crippen molar-refractivity contribution in [3.63, 3.8) is 0 Å². The predicted octanol–water partition coefficient (Wildman–Crippen LogP) is 7.78. The first-order valence-corrected chi connectivity index (χ1v) is 15.9. The molecule has 9 heteroatoms. The number of anilines is 2. The van der Waals surface area contributed by atoms with Gasteiger partial charge >= 0.3 is 0 Å². The first-order chi connectivity index (χ1) is 22.9. The molecular formula is C38H35N3O5S. The van der Waals surface area contributed by atoms with Crippen molar-refractivity contribution >= 4 is 57.7 Å². The molecule has 3 N–H and O–H groups in total. The maximum absolute atomic E-state index is 13.7. The van der Waals surface area contributed by atoms with Crippen molar-refractivity contribution in [3.05, 3.63) is 132 Å². The summed E-state index contributed by atoms with van der Waals surface area (Å²) in [5.74, 6) is -0.0227. The quantitative estimate of drug-likeness (QED) is 0.0946. The summed E-state index contributed by atoms with van der Waals surface area (Å²) in [6.07, 6.45) is 2.15. The smallest absolute Gasteiger partial charge is 0.272 e. The highest BCUT2D eigenvalue weighted by Gasteiger charge is 2.20. The van der Waals surface area contributed by atoms with E-state index in [-0.39, 0.29) is 16.9 Å². The van der Waals surface area contributed by atoms with E-state index in [2.05, 4.69) is 16.0 Å². The molecule has 0 aliphatic carbocycles. The molecule has 0 spiro atoms. The molecule has 0 fully saturated rings. The second kappa shape index (κ2) is 15.6. The molecule has 5 rings (SSSR count). The van der Waals surface area contributed by atoms with Crippen LogP contribution in [0.4, 0.5) is 11.4 Å². The third-order valence-corrected chi connectivity index (χ3v) is 8.68. The molecule has 0 aromatic heterocycles. The molecule has 47 heavy (non-hydrogen) atoms. The molecule has 1 unspecified atom stereocenters. The highest BCUT2D eigenvalue weighted by molar-refractivity contribution is 8.00. The number of amides is 3. The van der Waals surface area contributed by atoms with Crippen molar-refractivity contribution in [1.29, 1.82) is 0 Å². The summed E-state index contributed by atoms with van der Waals surface area (Å²) >= 11 is 1.41. The van der Waals surface area contributed by atoms with Crippen molar-refractivity contribution in [3.8, 4) is 11.5 Å². The molecule has 5 aromatic carbocycles.